The molecule has 1 N–H and O–H groups in total. The number of carbonyl (C=O) groups is 3. The zero-order valence-corrected chi connectivity index (χ0v) is 12.9. The molecule has 1 heterocycles. The summed E-state index contributed by atoms with van der Waals surface area (Å²) in [5, 5.41) is 8.99. The molecule has 0 saturated carbocycles. The van der Waals surface area contributed by atoms with Crippen LogP contribution in [0.25, 0.3) is 0 Å². The quantitative estimate of drug-likeness (QED) is 0.625. The molecule has 2 unspecified atom stereocenters. The van der Waals surface area contributed by atoms with Gasteiger partial charge in [-0.25, -0.2) is 0 Å². The van der Waals surface area contributed by atoms with E-state index in [0.29, 0.717) is 0 Å². The molecule has 0 aromatic rings. The Balaban J connectivity index is 2.87. The number of hydrogen-bond acceptors (Lipinski definition) is 7. The molecule has 1 aliphatic rings. The molecule has 126 valence electrons. The molecular weight excluding hydrogens is 296 g/mol. The molecule has 1 aliphatic heterocycles. The molecule has 0 amide bonds. The third-order valence-corrected chi connectivity index (χ3v) is 3.19. The lowest BCUT2D eigenvalue weighted by molar-refractivity contribution is -0.380. The van der Waals surface area contributed by atoms with Gasteiger partial charge in [0, 0.05) is 6.42 Å². The fraction of sp³-hybridized carbons (Fsp3) is 0.786. The molecule has 0 bridgehead atoms. The van der Waals surface area contributed by atoms with Crippen molar-refractivity contribution >= 4 is 17.9 Å². The second-order valence-electron chi connectivity index (χ2n) is 4.82. The van der Waals surface area contributed by atoms with Crippen LogP contribution in [0.1, 0.15) is 33.6 Å². The number of carbonyl (C=O) groups excluding carboxylic acids is 2. The molecule has 0 spiro atoms. The second kappa shape index (κ2) is 8.70. The zero-order chi connectivity index (χ0) is 16.7. The Bertz CT molecular complexity index is 402. The van der Waals surface area contributed by atoms with E-state index in [1.54, 1.807) is 20.8 Å². The number of hydrogen-bond donors (Lipinski definition) is 1. The van der Waals surface area contributed by atoms with Gasteiger partial charge in [-0.15, -0.1) is 0 Å². The first kappa shape index (κ1) is 18.4. The molecule has 0 aromatic heterocycles. The predicted octanol–water partition coefficient (Wildman–Crippen LogP) is 0.929. The Morgan fingerprint density at radius 3 is 1.95 bits per heavy atom. The van der Waals surface area contributed by atoms with E-state index in [9.17, 15) is 14.4 Å². The van der Waals surface area contributed by atoms with Crippen LogP contribution in [0.5, 0.6) is 0 Å². The molecule has 2 atom stereocenters. The lowest BCUT2D eigenvalue weighted by atomic mass is 9.86. The van der Waals surface area contributed by atoms with Gasteiger partial charge in [-0.05, 0) is 20.8 Å². The Morgan fingerprint density at radius 1 is 1.05 bits per heavy atom. The van der Waals surface area contributed by atoms with Gasteiger partial charge in [-0.3, -0.25) is 14.4 Å². The van der Waals surface area contributed by atoms with Crippen molar-refractivity contribution in [2.75, 3.05) is 13.2 Å². The predicted molar refractivity (Wildman–Crippen MR) is 72.5 cm³/mol. The summed E-state index contributed by atoms with van der Waals surface area (Å²) >= 11 is 0. The topological polar surface area (TPSA) is 108 Å². The van der Waals surface area contributed by atoms with Crippen LogP contribution in [0, 0.1) is 11.8 Å². The van der Waals surface area contributed by atoms with E-state index < -0.39 is 42.5 Å². The van der Waals surface area contributed by atoms with Crippen molar-refractivity contribution in [1.82, 2.24) is 0 Å². The summed E-state index contributed by atoms with van der Waals surface area (Å²) in [5.41, 5.74) is 0. The lowest BCUT2D eigenvalue weighted by Gasteiger charge is -2.36. The van der Waals surface area contributed by atoms with Crippen LogP contribution in [0.4, 0.5) is 0 Å². The average molecular weight is 318 g/mol. The molecule has 1 fully saturated rings. The Kier molecular flexibility index (Phi) is 7.26. The molecule has 8 heteroatoms. The van der Waals surface area contributed by atoms with Crippen molar-refractivity contribution in [3.8, 4) is 0 Å². The van der Waals surface area contributed by atoms with Crippen LogP contribution in [0.2, 0.25) is 0 Å². The van der Waals surface area contributed by atoms with E-state index in [-0.39, 0.29) is 25.9 Å². The van der Waals surface area contributed by atoms with Gasteiger partial charge in [0.05, 0.1) is 31.5 Å². The monoisotopic (exact) mass is 318 g/mol. The summed E-state index contributed by atoms with van der Waals surface area (Å²) < 4.78 is 20.3. The minimum Gasteiger partial charge on any atom is -0.481 e. The molecular formula is C14H22O8. The van der Waals surface area contributed by atoms with Crippen LogP contribution >= 0.6 is 0 Å². The molecule has 0 aromatic carbocycles. The van der Waals surface area contributed by atoms with E-state index in [1.807, 2.05) is 0 Å². The van der Waals surface area contributed by atoms with Crippen LogP contribution in [-0.2, 0) is 33.3 Å². The van der Waals surface area contributed by atoms with Crippen LogP contribution in [0.15, 0.2) is 0 Å². The molecule has 0 aliphatic carbocycles. The van der Waals surface area contributed by atoms with E-state index in [2.05, 4.69) is 0 Å². The zero-order valence-electron chi connectivity index (χ0n) is 12.9. The fourth-order valence-electron chi connectivity index (χ4n) is 2.26. The largest absolute Gasteiger partial charge is 0.481 e. The maximum Gasteiger partial charge on any atom is 0.310 e. The molecule has 0 radical (unpaired) electrons. The minimum atomic E-state index is -1.20. The van der Waals surface area contributed by atoms with Gasteiger partial charge >= 0.3 is 17.9 Å². The third-order valence-electron chi connectivity index (χ3n) is 3.19. The van der Waals surface area contributed by atoms with Gasteiger partial charge in [0.1, 0.15) is 0 Å². The summed E-state index contributed by atoms with van der Waals surface area (Å²) in [6.07, 6.45) is -1.52. The van der Waals surface area contributed by atoms with Crippen molar-refractivity contribution in [1.29, 1.82) is 0 Å². The van der Waals surface area contributed by atoms with Crippen LogP contribution < -0.4 is 0 Å². The Morgan fingerprint density at radius 2 is 1.55 bits per heavy atom. The van der Waals surface area contributed by atoms with Crippen LogP contribution in [0.3, 0.4) is 0 Å². The highest BCUT2D eigenvalue weighted by Crippen LogP contribution is 2.30. The van der Waals surface area contributed by atoms with Gasteiger partial charge < -0.3 is 24.1 Å². The highest BCUT2D eigenvalue weighted by atomic mass is 16.9. The number of esters is 2. The SMILES string of the molecule is CCOC(=O)C(CC(=O)O)C(CC1OC(C)O1)C(=O)OCC. The number of carboxylic acids is 1. The average Bonchev–Trinajstić information content (AvgIpc) is 2.40. The van der Waals surface area contributed by atoms with Crippen molar-refractivity contribution < 1.29 is 38.4 Å². The summed E-state index contributed by atoms with van der Waals surface area (Å²) in [7, 11) is 0. The number of rotatable bonds is 9. The first-order chi connectivity index (χ1) is 10.4. The lowest BCUT2D eigenvalue weighted by Crippen LogP contribution is -2.44. The van der Waals surface area contributed by atoms with Gasteiger partial charge in [0.2, 0.25) is 0 Å². The molecule has 1 rings (SSSR count). The van der Waals surface area contributed by atoms with Gasteiger partial charge in [-0.2, -0.15) is 0 Å². The summed E-state index contributed by atoms with van der Waals surface area (Å²) in [5.74, 6) is -4.73. The fourth-order valence-corrected chi connectivity index (χ4v) is 2.26. The maximum atomic E-state index is 12.1. The van der Waals surface area contributed by atoms with Gasteiger partial charge in [0.15, 0.2) is 12.6 Å². The van der Waals surface area contributed by atoms with Crippen molar-refractivity contribution in [2.24, 2.45) is 11.8 Å². The van der Waals surface area contributed by atoms with Crippen molar-refractivity contribution in [3.05, 3.63) is 0 Å². The Labute approximate surface area is 128 Å². The summed E-state index contributed by atoms with van der Waals surface area (Å²) in [6.45, 7) is 5.15. The maximum absolute atomic E-state index is 12.1. The van der Waals surface area contributed by atoms with Crippen LogP contribution in [-0.4, -0.2) is 48.8 Å². The summed E-state index contributed by atoms with van der Waals surface area (Å²) in [4.78, 5) is 35.1. The van der Waals surface area contributed by atoms with E-state index in [0.717, 1.165) is 0 Å². The molecule has 22 heavy (non-hydrogen) atoms. The van der Waals surface area contributed by atoms with Crippen molar-refractivity contribution in [3.63, 3.8) is 0 Å². The smallest absolute Gasteiger partial charge is 0.310 e. The highest BCUT2D eigenvalue weighted by molar-refractivity contribution is 5.85. The normalized spacial score (nSPS) is 23.0. The van der Waals surface area contributed by atoms with E-state index in [1.165, 1.54) is 0 Å². The first-order valence-corrected chi connectivity index (χ1v) is 7.24. The van der Waals surface area contributed by atoms with Crippen molar-refractivity contribution in [2.45, 2.75) is 46.2 Å². The minimum absolute atomic E-state index is 0.0416. The second-order valence-corrected chi connectivity index (χ2v) is 4.82. The van der Waals surface area contributed by atoms with E-state index >= 15 is 0 Å². The first-order valence-electron chi connectivity index (χ1n) is 7.24. The third kappa shape index (κ3) is 5.27. The van der Waals surface area contributed by atoms with Gasteiger partial charge in [0.25, 0.3) is 0 Å². The standard InChI is InChI=1S/C14H22O8/c1-4-19-13(17)9(6-11(15)16)10(14(18)20-5-2)7-12-21-8(3)22-12/h8-10,12H,4-7H2,1-3H3,(H,15,16). The summed E-state index contributed by atoms with van der Waals surface area (Å²) in [6, 6.07) is 0. The Hall–Kier alpha value is -1.67. The van der Waals surface area contributed by atoms with Gasteiger partial charge in [-0.1, -0.05) is 0 Å². The van der Waals surface area contributed by atoms with E-state index in [4.69, 9.17) is 24.1 Å². The molecule has 8 nitrogen and oxygen atoms in total. The highest BCUT2D eigenvalue weighted by Gasteiger charge is 2.42. The number of aliphatic carboxylic acids is 1. The molecule has 1 saturated heterocycles. The number of carboxylic acid groups (broad SMARTS) is 1. The number of ether oxygens (including phenoxy) is 4.